The van der Waals surface area contributed by atoms with Crippen molar-refractivity contribution in [1.82, 2.24) is 9.97 Å². The minimum atomic E-state index is -0.940. The molecule has 134 valence electrons. The summed E-state index contributed by atoms with van der Waals surface area (Å²) in [5.74, 6) is -1.21. The van der Waals surface area contributed by atoms with E-state index in [0.717, 1.165) is 33.4 Å². The average molecular weight is 361 g/mol. The standard InChI is InChI=1S/C21H16FN3O2/c22-17-5-6-19-15(7-17)9-20(25-19)16-8-18(12-23-11-16)24-10-13-1-3-14(4-2-13)21(26)27/h1-9,11-12,24-25H,10H2,(H,26,27). The van der Waals surface area contributed by atoms with E-state index in [1.54, 1.807) is 42.7 Å². The van der Waals surface area contributed by atoms with E-state index in [9.17, 15) is 9.18 Å². The number of anilines is 1. The number of hydrogen-bond acceptors (Lipinski definition) is 3. The van der Waals surface area contributed by atoms with Crippen LogP contribution in [0.15, 0.2) is 67.0 Å². The van der Waals surface area contributed by atoms with Crippen molar-refractivity contribution in [3.05, 3.63) is 83.9 Å². The molecule has 27 heavy (non-hydrogen) atoms. The van der Waals surface area contributed by atoms with Crippen LogP contribution in [-0.4, -0.2) is 21.0 Å². The first-order valence-corrected chi connectivity index (χ1v) is 8.38. The Morgan fingerprint density at radius 2 is 1.89 bits per heavy atom. The second kappa shape index (κ2) is 6.92. The molecule has 6 heteroatoms. The molecule has 0 aliphatic heterocycles. The average Bonchev–Trinajstić information content (AvgIpc) is 3.10. The lowest BCUT2D eigenvalue weighted by Crippen LogP contribution is -2.01. The van der Waals surface area contributed by atoms with Crippen molar-refractivity contribution in [3.63, 3.8) is 0 Å². The molecule has 0 radical (unpaired) electrons. The summed E-state index contributed by atoms with van der Waals surface area (Å²) in [4.78, 5) is 18.4. The van der Waals surface area contributed by atoms with Crippen LogP contribution >= 0.6 is 0 Å². The Labute approximate surface area is 154 Å². The molecule has 0 aliphatic carbocycles. The van der Waals surface area contributed by atoms with Gasteiger partial charge >= 0.3 is 5.97 Å². The van der Waals surface area contributed by atoms with Gasteiger partial charge in [-0.2, -0.15) is 0 Å². The van der Waals surface area contributed by atoms with Gasteiger partial charge in [0.15, 0.2) is 0 Å². The molecule has 4 aromatic rings. The Kier molecular flexibility index (Phi) is 4.30. The van der Waals surface area contributed by atoms with Gasteiger partial charge in [0.2, 0.25) is 0 Å². The van der Waals surface area contributed by atoms with Crippen molar-refractivity contribution in [3.8, 4) is 11.3 Å². The Hall–Kier alpha value is -3.67. The lowest BCUT2D eigenvalue weighted by molar-refractivity contribution is 0.0697. The number of nitrogens with zero attached hydrogens (tertiary/aromatic N) is 1. The Morgan fingerprint density at radius 1 is 1.07 bits per heavy atom. The predicted octanol–water partition coefficient (Wildman–Crippen LogP) is 4.68. The minimum absolute atomic E-state index is 0.262. The summed E-state index contributed by atoms with van der Waals surface area (Å²) in [5, 5.41) is 13.0. The molecular formula is C21H16FN3O2. The SMILES string of the molecule is O=C(O)c1ccc(CNc2cncc(-c3cc4cc(F)ccc4[nH]3)c2)cc1. The fraction of sp³-hybridized carbons (Fsp3) is 0.0476. The Balaban J connectivity index is 1.52. The molecule has 0 saturated heterocycles. The quantitative estimate of drug-likeness (QED) is 0.482. The van der Waals surface area contributed by atoms with E-state index in [1.165, 1.54) is 12.1 Å². The molecule has 4 rings (SSSR count). The highest BCUT2D eigenvalue weighted by Crippen LogP contribution is 2.26. The predicted molar refractivity (Wildman–Crippen MR) is 102 cm³/mol. The second-order valence-corrected chi connectivity index (χ2v) is 6.23. The summed E-state index contributed by atoms with van der Waals surface area (Å²) >= 11 is 0. The topological polar surface area (TPSA) is 78.0 Å². The molecule has 3 N–H and O–H groups in total. The summed E-state index contributed by atoms with van der Waals surface area (Å²) in [7, 11) is 0. The van der Waals surface area contributed by atoms with Crippen molar-refractivity contribution in [2.45, 2.75) is 6.54 Å². The van der Waals surface area contributed by atoms with Crippen molar-refractivity contribution >= 4 is 22.6 Å². The molecule has 2 heterocycles. The van der Waals surface area contributed by atoms with Crippen LogP contribution in [0.5, 0.6) is 0 Å². The van der Waals surface area contributed by atoms with Gasteiger partial charge in [0.25, 0.3) is 0 Å². The van der Waals surface area contributed by atoms with Crippen LogP contribution in [0.4, 0.5) is 10.1 Å². The number of rotatable bonds is 5. The summed E-state index contributed by atoms with van der Waals surface area (Å²) in [6, 6.07) is 15.2. The molecule has 0 spiro atoms. The lowest BCUT2D eigenvalue weighted by atomic mass is 10.1. The van der Waals surface area contributed by atoms with Crippen LogP contribution < -0.4 is 5.32 Å². The zero-order valence-electron chi connectivity index (χ0n) is 14.2. The van der Waals surface area contributed by atoms with E-state index in [-0.39, 0.29) is 11.4 Å². The summed E-state index contributed by atoms with van der Waals surface area (Å²) in [5.41, 5.74) is 4.67. The highest BCUT2D eigenvalue weighted by Gasteiger charge is 2.06. The van der Waals surface area contributed by atoms with Crippen LogP contribution in [-0.2, 0) is 6.54 Å². The Bertz CT molecular complexity index is 1120. The number of halogens is 1. The lowest BCUT2D eigenvalue weighted by Gasteiger charge is -2.08. The molecule has 0 bridgehead atoms. The normalized spacial score (nSPS) is 10.9. The molecule has 0 unspecified atom stereocenters. The molecule has 0 aliphatic rings. The number of aromatic carboxylic acids is 1. The molecule has 2 aromatic heterocycles. The second-order valence-electron chi connectivity index (χ2n) is 6.23. The van der Waals surface area contributed by atoms with Crippen molar-refractivity contribution in [2.75, 3.05) is 5.32 Å². The zero-order valence-corrected chi connectivity index (χ0v) is 14.2. The van der Waals surface area contributed by atoms with Gasteiger partial charge in [-0.25, -0.2) is 9.18 Å². The highest BCUT2D eigenvalue weighted by molar-refractivity contribution is 5.87. The number of nitrogens with one attached hydrogen (secondary N) is 2. The van der Waals surface area contributed by atoms with Gasteiger partial charge in [-0.1, -0.05) is 12.1 Å². The number of aromatic nitrogens is 2. The van der Waals surface area contributed by atoms with E-state index >= 15 is 0 Å². The van der Waals surface area contributed by atoms with E-state index in [4.69, 9.17) is 5.11 Å². The fourth-order valence-corrected chi connectivity index (χ4v) is 2.91. The monoisotopic (exact) mass is 361 g/mol. The largest absolute Gasteiger partial charge is 0.478 e. The first kappa shape index (κ1) is 16.8. The number of carboxylic acids is 1. The molecule has 0 amide bonds. The van der Waals surface area contributed by atoms with Crippen LogP contribution in [0, 0.1) is 5.82 Å². The number of benzene rings is 2. The molecular weight excluding hydrogens is 345 g/mol. The number of carboxylic acid groups (broad SMARTS) is 1. The summed E-state index contributed by atoms with van der Waals surface area (Å²) in [6.07, 6.45) is 3.46. The maximum absolute atomic E-state index is 13.4. The molecule has 0 saturated carbocycles. The Morgan fingerprint density at radius 3 is 2.67 bits per heavy atom. The number of H-pyrrole nitrogens is 1. The molecule has 5 nitrogen and oxygen atoms in total. The third-order valence-corrected chi connectivity index (χ3v) is 4.33. The van der Waals surface area contributed by atoms with Gasteiger partial charge in [0, 0.05) is 41.1 Å². The third kappa shape index (κ3) is 3.64. The summed E-state index contributed by atoms with van der Waals surface area (Å²) in [6.45, 7) is 0.545. The molecule has 0 fully saturated rings. The van der Waals surface area contributed by atoms with Crippen molar-refractivity contribution < 1.29 is 14.3 Å². The van der Waals surface area contributed by atoms with Crippen molar-refractivity contribution in [1.29, 1.82) is 0 Å². The highest BCUT2D eigenvalue weighted by atomic mass is 19.1. The zero-order chi connectivity index (χ0) is 18.8. The number of pyridine rings is 1. The van der Waals surface area contributed by atoms with Gasteiger partial charge in [-0.05, 0) is 48.0 Å². The maximum Gasteiger partial charge on any atom is 0.335 e. The van der Waals surface area contributed by atoms with E-state index < -0.39 is 5.97 Å². The van der Waals surface area contributed by atoms with Crippen LogP contribution in [0.2, 0.25) is 0 Å². The number of hydrogen-bond donors (Lipinski definition) is 3. The smallest absolute Gasteiger partial charge is 0.335 e. The van der Waals surface area contributed by atoms with Crippen LogP contribution in [0.1, 0.15) is 15.9 Å². The van der Waals surface area contributed by atoms with Gasteiger partial charge in [-0.15, -0.1) is 0 Å². The molecule has 2 aromatic carbocycles. The minimum Gasteiger partial charge on any atom is -0.478 e. The number of fused-ring (bicyclic) bond motifs is 1. The van der Waals surface area contributed by atoms with Gasteiger partial charge in [0.05, 0.1) is 11.3 Å². The fourth-order valence-electron chi connectivity index (χ4n) is 2.91. The van der Waals surface area contributed by atoms with E-state index in [2.05, 4.69) is 15.3 Å². The summed E-state index contributed by atoms with van der Waals surface area (Å²) < 4.78 is 13.4. The number of carbonyl (C=O) groups is 1. The third-order valence-electron chi connectivity index (χ3n) is 4.33. The molecule has 0 atom stereocenters. The first-order chi connectivity index (χ1) is 13.1. The number of aromatic amines is 1. The van der Waals surface area contributed by atoms with Crippen molar-refractivity contribution in [2.24, 2.45) is 0 Å². The first-order valence-electron chi connectivity index (χ1n) is 8.38. The maximum atomic E-state index is 13.4. The van der Waals surface area contributed by atoms with Gasteiger partial charge in [-0.3, -0.25) is 4.98 Å². The van der Waals surface area contributed by atoms with Crippen LogP contribution in [0.25, 0.3) is 22.2 Å². The van der Waals surface area contributed by atoms with Gasteiger partial charge < -0.3 is 15.4 Å². The van der Waals surface area contributed by atoms with E-state index in [1.807, 2.05) is 12.1 Å². The van der Waals surface area contributed by atoms with E-state index in [0.29, 0.717) is 6.54 Å². The van der Waals surface area contributed by atoms with Crippen LogP contribution in [0.3, 0.4) is 0 Å². The van der Waals surface area contributed by atoms with Gasteiger partial charge in [0.1, 0.15) is 5.82 Å².